The molecule has 0 spiro atoms. The number of rotatable bonds is 2. The number of nitrogens with zero attached hydrogens (tertiary/aromatic N) is 2. The van der Waals surface area contributed by atoms with E-state index in [2.05, 4.69) is 9.98 Å². The van der Waals surface area contributed by atoms with Gasteiger partial charge in [-0.3, -0.25) is 0 Å². The van der Waals surface area contributed by atoms with E-state index in [-0.39, 0.29) is 5.82 Å². The molecule has 0 N–H and O–H groups in total. The van der Waals surface area contributed by atoms with E-state index >= 15 is 0 Å². The summed E-state index contributed by atoms with van der Waals surface area (Å²) in [5.74, 6) is -0.720. The van der Waals surface area contributed by atoms with Gasteiger partial charge in [-0.25, -0.2) is 19.2 Å². The minimum absolute atomic E-state index is 0.298. The molecule has 0 bridgehead atoms. The van der Waals surface area contributed by atoms with E-state index < -0.39 is 5.97 Å². The van der Waals surface area contributed by atoms with E-state index in [1.54, 1.807) is 13.0 Å². The fraction of sp³-hybridized carbons (Fsp3) is 0.211. The van der Waals surface area contributed by atoms with Crippen molar-refractivity contribution in [2.24, 2.45) is 9.98 Å². The smallest absolute Gasteiger partial charge is 0.357 e. The van der Waals surface area contributed by atoms with Crippen LogP contribution in [-0.2, 0) is 9.53 Å². The van der Waals surface area contributed by atoms with Gasteiger partial charge in [0.2, 0.25) is 0 Å². The molecular weight excluding hydrogens is 307 g/mol. The summed E-state index contributed by atoms with van der Waals surface area (Å²) in [6, 6.07) is 6.45. The van der Waals surface area contributed by atoms with Crippen LogP contribution in [0.2, 0.25) is 0 Å². The third kappa shape index (κ3) is 1.94. The van der Waals surface area contributed by atoms with Crippen molar-refractivity contribution in [3.8, 4) is 11.1 Å². The molecule has 0 saturated carbocycles. The zero-order valence-corrected chi connectivity index (χ0v) is 13.6. The molecule has 2 aliphatic heterocycles. The van der Waals surface area contributed by atoms with Crippen molar-refractivity contribution in [1.82, 2.24) is 0 Å². The Hall–Kier alpha value is -2.82. The third-order valence-corrected chi connectivity index (χ3v) is 4.43. The van der Waals surface area contributed by atoms with Gasteiger partial charge in [0.1, 0.15) is 5.82 Å². The highest BCUT2D eigenvalue weighted by Crippen LogP contribution is 2.35. The van der Waals surface area contributed by atoms with E-state index in [4.69, 9.17) is 4.74 Å². The predicted octanol–water partition coefficient (Wildman–Crippen LogP) is 2.99. The van der Waals surface area contributed by atoms with Crippen LogP contribution in [0.25, 0.3) is 16.7 Å². The van der Waals surface area contributed by atoms with Gasteiger partial charge in [0.15, 0.2) is 5.70 Å². The van der Waals surface area contributed by atoms with E-state index in [0.29, 0.717) is 17.7 Å². The van der Waals surface area contributed by atoms with Gasteiger partial charge in [-0.1, -0.05) is 0 Å². The van der Waals surface area contributed by atoms with Crippen LogP contribution in [0.15, 0.2) is 39.9 Å². The van der Waals surface area contributed by atoms with Crippen molar-refractivity contribution in [3.63, 3.8) is 0 Å². The summed E-state index contributed by atoms with van der Waals surface area (Å²) in [5.41, 5.74) is 5.34. The van der Waals surface area contributed by atoms with Crippen LogP contribution in [0.3, 0.4) is 0 Å². The number of ether oxygens (including phenoxy) is 1. The average molecular weight is 322 g/mol. The van der Waals surface area contributed by atoms with Crippen LogP contribution in [-0.4, -0.2) is 12.6 Å². The summed E-state index contributed by atoms with van der Waals surface area (Å²) < 4.78 is 18.7. The minimum atomic E-state index is -0.422. The minimum Gasteiger partial charge on any atom is -0.461 e. The molecule has 5 heteroatoms. The number of fused-ring (bicyclic) bond motifs is 4. The molecule has 0 fully saturated rings. The Labute approximate surface area is 138 Å². The monoisotopic (exact) mass is 322 g/mol. The molecule has 2 aliphatic rings. The lowest BCUT2D eigenvalue weighted by Crippen LogP contribution is -2.18. The molecule has 0 saturated heterocycles. The molecule has 0 aromatic heterocycles. The Morgan fingerprint density at radius 1 is 1.17 bits per heavy atom. The first-order valence-corrected chi connectivity index (χ1v) is 7.80. The van der Waals surface area contributed by atoms with Crippen LogP contribution in [0, 0.1) is 12.7 Å². The van der Waals surface area contributed by atoms with E-state index in [9.17, 15) is 9.18 Å². The summed E-state index contributed by atoms with van der Waals surface area (Å²) in [6.07, 6.45) is 0. The van der Waals surface area contributed by atoms with Crippen LogP contribution >= 0.6 is 0 Å². The highest BCUT2D eigenvalue weighted by Gasteiger charge is 2.26. The van der Waals surface area contributed by atoms with Gasteiger partial charge >= 0.3 is 5.97 Å². The summed E-state index contributed by atoms with van der Waals surface area (Å²) in [5, 5.41) is 1.52. The van der Waals surface area contributed by atoms with Crippen molar-refractivity contribution in [2.75, 3.05) is 6.61 Å². The summed E-state index contributed by atoms with van der Waals surface area (Å²) >= 11 is 0. The lowest BCUT2D eigenvalue weighted by atomic mass is 9.96. The van der Waals surface area contributed by atoms with Crippen molar-refractivity contribution in [2.45, 2.75) is 20.8 Å². The summed E-state index contributed by atoms with van der Waals surface area (Å²) in [7, 11) is 0. The Bertz CT molecular complexity index is 1070. The maximum atomic E-state index is 13.6. The Balaban J connectivity index is 1.96. The predicted molar refractivity (Wildman–Crippen MR) is 87.8 cm³/mol. The molecule has 120 valence electrons. The van der Waals surface area contributed by atoms with E-state index in [1.165, 1.54) is 12.1 Å². The normalized spacial score (nSPS) is 13.8. The van der Waals surface area contributed by atoms with Gasteiger partial charge in [-0.2, -0.15) is 0 Å². The van der Waals surface area contributed by atoms with E-state index in [1.807, 2.05) is 19.9 Å². The first kappa shape index (κ1) is 14.8. The number of hydrogen-bond acceptors (Lipinski definition) is 4. The molecule has 0 atom stereocenters. The molecule has 0 aliphatic carbocycles. The number of carbonyl (C=O) groups is 1. The fourth-order valence-corrected chi connectivity index (χ4v) is 3.36. The van der Waals surface area contributed by atoms with Gasteiger partial charge in [0.05, 0.1) is 23.0 Å². The number of allylic oxidation sites excluding steroid dienone is 1. The Kier molecular flexibility index (Phi) is 3.13. The molecule has 4 nitrogen and oxygen atoms in total. The second-order valence-corrected chi connectivity index (χ2v) is 5.87. The second-order valence-electron chi connectivity index (χ2n) is 5.87. The van der Waals surface area contributed by atoms with Crippen molar-refractivity contribution in [1.29, 1.82) is 0 Å². The molecule has 2 aromatic carbocycles. The number of carbonyl (C=O) groups excluding carboxylic acids is 1. The molecule has 4 rings (SSSR count). The maximum absolute atomic E-state index is 13.6. The number of hydrogen-bond donors (Lipinski definition) is 0. The SMILES string of the molecule is CCOC(=O)C1=C(C)c2c(C)c3c(cc2=N1)-c1cc(F)ccc1N=3. The highest BCUT2D eigenvalue weighted by molar-refractivity contribution is 5.99. The quantitative estimate of drug-likeness (QED) is 0.681. The van der Waals surface area contributed by atoms with Gasteiger partial charge in [-0.15, -0.1) is 0 Å². The molecule has 24 heavy (non-hydrogen) atoms. The third-order valence-electron chi connectivity index (χ3n) is 4.43. The van der Waals surface area contributed by atoms with Crippen molar-refractivity contribution < 1.29 is 13.9 Å². The molecule has 0 unspecified atom stereocenters. The lowest BCUT2D eigenvalue weighted by molar-refractivity contribution is -0.138. The van der Waals surface area contributed by atoms with Crippen LogP contribution in [0.5, 0.6) is 0 Å². The van der Waals surface area contributed by atoms with Crippen LogP contribution in [0.1, 0.15) is 25.0 Å². The number of esters is 1. The standard InChI is InChI=1S/C19H15FN2O2/c1-4-24-19(23)18-10(3)16-9(2)17-13(8-15(16)22-18)12-7-11(20)5-6-14(12)21-17/h5-8H,4H2,1-3H3. The maximum Gasteiger partial charge on any atom is 0.357 e. The largest absolute Gasteiger partial charge is 0.461 e. The first-order valence-electron chi connectivity index (χ1n) is 7.80. The molecular formula is C19H15FN2O2. The highest BCUT2D eigenvalue weighted by atomic mass is 19.1. The van der Waals surface area contributed by atoms with Crippen LogP contribution < -0.4 is 10.7 Å². The Morgan fingerprint density at radius 3 is 2.71 bits per heavy atom. The number of halogens is 1. The topological polar surface area (TPSA) is 51.0 Å². The zero-order valence-electron chi connectivity index (χ0n) is 13.6. The van der Waals surface area contributed by atoms with Gasteiger partial charge < -0.3 is 4.74 Å². The summed E-state index contributed by atoms with van der Waals surface area (Å²) in [6.45, 7) is 5.89. The summed E-state index contributed by atoms with van der Waals surface area (Å²) in [4.78, 5) is 21.2. The zero-order chi connectivity index (χ0) is 17.0. The molecule has 0 amide bonds. The lowest BCUT2D eigenvalue weighted by Gasteiger charge is -2.06. The van der Waals surface area contributed by atoms with Crippen LogP contribution in [0.4, 0.5) is 10.1 Å². The fourth-order valence-electron chi connectivity index (χ4n) is 3.36. The molecule has 2 aromatic rings. The first-order chi connectivity index (χ1) is 11.5. The molecule has 2 heterocycles. The number of benzene rings is 2. The van der Waals surface area contributed by atoms with Gasteiger partial charge in [-0.05, 0) is 56.2 Å². The molecule has 0 radical (unpaired) electrons. The van der Waals surface area contributed by atoms with E-state index in [0.717, 1.165) is 38.9 Å². The van der Waals surface area contributed by atoms with Crippen molar-refractivity contribution in [3.05, 3.63) is 57.6 Å². The second kappa shape index (κ2) is 5.09. The Morgan fingerprint density at radius 2 is 1.96 bits per heavy atom. The van der Waals surface area contributed by atoms with Gasteiger partial charge in [0, 0.05) is 16.7 Å². The van der Waals surface area contributed by atoms with Crippen molar-refractivity contribution >= 4 is 17.2 Å². The van der Waals surface area contributed by atoms with Gasteiger partial charge in [0.25, 0.3) is 0 Å². The average Bonchev–Trinajstić information content (AvgIpc) is 3.07.